The van der Waals surface area contributed by atoms with Crippen molar-refractivity contribution < 1.29 is 4.79 Å². The molecule has 0 aromatic carbocycles. The minimum absolute atomic E-state index is 0.0946. The monoisotopic (exact) mass is 317 g/mol. The molecule has 1 N–H and O–H groups in total. The molecule has 2 fully saturated rings. The van der Waals surface area contributed by atoms with Gasteiger partial charge in [0.25, 0.3) is 5.91 Å². The van der Waals surface area contributed by atoms with Gasteiger partial charge in [0.15, 0.2) is 0 Å². The second-order valence-electron chi connectivity index (χ2n) is 7.80. The van der Waals surface area contributed by atoms with E-state index in [9.17, 15) is 4.79 Å². The van der Waals surface area contributed by atoms with E-state index in [1.165, 1.54) is 38.8 Å². The maximum Gasteiger partial charge on any atom is 0.289 e. The molecule has 6 nitrogen and oxygen atoms in total. The fraction of sp³-hybridized carbons (Fsp3) is 0.824. The summed E-state index contributed by atoms with van der Waals surface area (Å²) in [6, 6.07) is 0.922. The molecule has 1 aromatic rings. The molecule has 1 aromatic heterocycles. The molecule has 0 radical (unpaired) electrons. The molecule has 6 heteroatoms. The van der Waals surface area contributed by atoms with Crippen molar-refractivity contribution in [2.75, 3.05) is 13.1 Å². The van der Waals surface area contributed by atoms with Gasteiger partial charge in [-0.15, -0.1) is 10.2 Å². The first-order valence-corrected chi connectivity index (χ1v) is 9.09. The van der Waals surface area contributed by atoms with Gasteiger partial charge in [0.2, 0.25) is 5.82 Å². The molecule has 3 aliphatic rings. The number of amides is 1. The molecule has 126 valence electrons. The topological polar surface area (TPSA) is 63.1 Å². The minimum Gasteiger partial charge on any atom is -0.347 e. The van der Waals surface area contributed by atoms with Crippen LogP contribution in [-0.4, -0.2) is 50.7 Å². The molecule has 1 aliphatic carbocycles. The van der Waals surface area contributed by atoms with Crippen LogP contribution >= 0.6 is 0 Å². The number of nitrogens with one attached hydrogen (secondary N) is 1. The van der Waals surface area contributed by atoms with E-state index >= 15 is 0 Å². The average Bonchev–Trinajstić information content (AvgIpc) is 3.22. The molecule has 1 saturated carbocycles. The molecule has 4 rings (SSSR count). The van der Waals surface area contributed by atoms with Gasteiger partial charge in [-0.25, -0.2) is 0 Å². The average molecular weight is 317 g/mol. The van der Waals surface area contributed by atoms with Gasteiger partial charge in [0, 0.05) is 38.1 Å². The normalized spacial score (nSPS) is 28.1. The second kappa shape index (κ2) is 5.89. The lowest BCUT2D eigenvalue weighted by atomic mass is 9.89. The van der Waals surface area contributed by atoms with Crippen molar-refractivity contribution in [2.24, 2.45) is 11.8 Å². The van der Waals surface area contributed by atoms with Gasteiger partial charge in [-0.2, -0.15) is 0 Å². The first-order chi connectivity index (χ1) is 11.1. The Hall–Kier alpha value is -1.43. The molecule has 2 aliphatic heterocycles. The Morgan fingerprint density at radius 2 is 1.87 bits per heavy atom. The SMILES string of the molecule is CC(C)NC(=O)c1nnc2n1C[C@@H]1CN(C3CCCC3)C[C@H]1C2. The van der Waals surface area contributed by atoms with E-state index in [0.29, 0.717) is 17.7 Å². The first kappa shape index (κ1) is 15.1. The molecule has 1 amide bonds. The third kappa shape index (κ3) is 2.77. The summed E-state index contributed by atoms with van der Waals surface area (Å²) in [6.45, 7) is 7.22. The van der Waals surface area contributed by atoms with Crippen LogP contribution in [0.15, 0.2) is 0 Å². The van der Waals surface area contributed by atoms with Crippen LogP contribution < -0.4 is 5.32 Å². The zero-order chi connectivity index (χ0) is 16.0. The van der Waals surface area contributed by atoms with Gasteiger partial charge >= 0.3 is 0 Å². The van der Waals surface area contributed by atoms with Crippen LogP contribution in [-0.2, 0) is 13.0 Å². The van der Waals surface area contributed by atoms with Crippen LogP contribution in [0.25, 0.3) is 0 Å². The summed E-state index contributed by atoms with van der Waals surface area (Å²) in [5, 5.41) is 11.4. The fourth-order valence-corrected chi connectivity index (χ4v) is 4.62. The highest BCUT2D eigenvalue weighted by molar-refractivity contribution is 5.90. The summed E-state index contributed by atoms with van der Waals surface area (Å²) in [7, 11) is 0. The lowest BCUT2D eigenvalue weighted by molar-refractivity contribution is 0.0924. The van der Waals surface area contributed by atoms with Crippen LogP contribution in [0.4, 0.5) is 0 Å². The highest BCUT2D eigenvalue weighted by atomic mass is 16.2. The Bertz CT molecular complexity index is 590. The Balaban J connectivity index is 1.49. The van der Waals surface area contributed by atoms with Gasteiger partial charge in [-0.1, -0.05) is 12.8 Å². The summed E-state index contributed by atoms with van der Waals surface area (Å²) in [5.74, 6) is 2.72. The third-order valence-corrected chi connectivity index (χ3v) is 5.76. The lowest BCUT2D eigenvalue weighted by Gasteiger charge is -2.25. The largest absolute Gasteiger partial charge is 0.347 e. The van der Waals surface area contributed by atoms with E-state index in [0.717, 1.165) is 24.8 Å². The van der Waals surface area contributed by atoms with Crippen molar-refractivity contribution >= 4 is 5.91 Å². The van der Waals surface area contributed by atoms with Crippen LogP contribution in [0.5, 0.6) is 0 Å². The molecule has 0 bridgehead atoms. The van der Waals surface area contributed by atoms with Crippen molar-refractivity contribution in [3.8, 4) is 0 Å². The minimum atomic E-state index is -0.0946. The zero-order valence-electron chi connectivity index (χ0n) is 14.2. The maximum atomic E-state index is 12.3. The Morgan fingerprint density at radius 3 is 2.61 bits per heavy atom. The molecule has 0 unspecified atom stereocenters. The Kier molecular flexibility index (Phi) is 3.87. The van der Waals surface area contributed by atoms with E-state index < -0.39 is 0 Å². The van der Waals surface area contributed by atoms with Gasteiger partial charge in [0.1, 0.15) is 5.82 Å². The number of hydrogen-bond acceptors (Lipinski definition) is 4. The number of rotatable bonds is 3. The molecular formula is C17H27N5O. The predicted molar refractivity (Wildman–Crippen MR) is 87.1 cm³/mol. The number of likely N-dealkylation sites (tertiary alicyclic amines) is 1. The zero-order valence-corrected chi connectivity index (χ0v) is 14.2. The van der Waals surface area contributed by atoms with Crippen LogP contribution in [0.1, 0.15) is 56.0 Å². The van der Waals surface area contributed by atoms with E-state index in [1.807, 2.05) is 13.8 Å². The fourth-order valence-electron chi connectivity index (χ4n) is 4.62. The number of carbonyl (C=O) groups is 1. The van der Waals surface area contributed by atoms with Crippen molar-refractivity contribution in [1.82, 2.24) is 25.0 Å². The van der Waals surface area contributed by atoms with E-state index in [1.54, 1.807) is 0 Å². The maximum absolute atomic E-state index is 12.3. The third-order valence-electron chi connectivity index (χ3n) is 5.76. The Morgan fingerprint density at radius 1 is 1.13 bits per heavy atom. The second-order valence-corrected chi connectivity index (χ2v) is 7.80. The summed E-state index contributed by atoms with van der Waals surface area (Å²) in [5.41, 5.74) is 0. The number of nitrogens with zero attached hydrogens (tertiary/aromatic N) is 4. The summed E-state index contributed by atoms with van der Waals surface area (Å²) in [6.07, 6.45) is 6.49. The highest BCUT2D eigenvalue weighted by Crippen LogP contribution is 2.36. The lowest BCUT2D eigenvalue weighted by Crippen LogP contribution is -2.35. The van der Waals surface area contributed by atoms with Crippen LogP contribution in [0.2, 0.25) is 0 Å². The Labute approximate surface area is 137 Å². The van der Waals surface area contributed by atoms with Crippen molar-refractivity contribution in [1.29, 1.82) is 0 Å². The summed E-state index contributed by atoms with van der Waals surface area (Å²) >= 11 is 0. The number of aromatic nitrogens is 3. The molecule has 2 atom stereocenters. The summed E-state index contributed by atoms with van der Waals surface area (Å²) < 4.78 is 2.07. The molecule has 1 saturated heterocycles. The molecule has 0 spiro atoms. The number of fused-ring (bicyclic) bond motifs is 2. The number of hydrogen-bond donors (Lipinski definition) is 1. The van der Waals surface area contributed by atoms with E-state index in [-0.39, 0.29) is 11.9 Å². The predicted octanol–water partition coefficient (Wildman–Crippen LogP) is 1.46. The van der Waals surface area contributed by atoms with Gasteiger partial charge < -0.3 is 9.88 Å². The van der Waals surface area contributed by atoms with E-state index in [4.69, 9.17) is 0 Å². The smallest absolute Gasteiger partial charge is 0.289 e. The van der Waals surface area contributed by atoms with Crippen LogP contribution in [0, 0.1) is 11.8 Å². The molecule has 23 heavy (non-hydrogen) atoms. The number of carbonyl (C=O) groups excluding carboxylic acids is 1. The van der Waals surface area contributed by atoms with Crippen molar-refractivity contribution in [3.63, 3.8) is 0 Å². The van der Waals surface area contributed by atoms with E-state index in [2.05, 4.69) is 25.0 Å². The molecule has 3 heterocycles. The van der Waals surface area contributed by atoms with Gasteiger partial charge in [-0.05, 0) is 38.5 Å². The van der Waals surface area contributed by atoms with Crippen molar-refractivity contribution in [2.45, 2.75) is 64.6 Å². The van der Waals surface area contributed by atoms with Crippen LogP contribution in [0.3, 0.4) is 0 Å². The first-order valence-electron chi connectivity index (χ1n) is 9.09. The highest BCUT2D eigenvalue weighted by Gasteiger charge is 2.41. The van der Waals surface area contributed by atoms with Crippen molar-refractivity contribution in [3.05, 3.63) is 11.6 Å². The quantitative estimate of drug-likeness (QED) is 0.917. The summed E-state index contributed by atoms with van der Waals surface area (Å²) in [4.78, 5) is 15.0. The van der Waals surface area contributed by atoms with Gasteiger partial charge in [0.05, 0.1) is 0 Å². The standard InChI is InChI=1S/C17H27N5O/c1-11(2)18-17(23)16-20-19-15-7-12-8-21(14-5-3-4-6-14)9-13(12)10-22(15)16/h11-14H,3-10H2,1-2H3,(H,18,23)/t12-,13+/m1/s1. The van der Waals surface area contributed by atoms with Gasteiger partial charge in [-0.3, -0.25) is 9.69 Å². The molecular weight excluding hydrogens is 290 g/mol.